The van der Waals surface area contributed by atoms with Crippen LogP contribution in [0.3, 0.4) is 0 Å². The van der Waals surface area contributed by atoms with Crippen LogP contribution in [0.25, 0.3) is 0 Å². The molecule has 7 heteroatoms. The third-order valence-electron chi connectivity index (χ3n) is 3.21. The number of rotatable bonds is 4. The average molecular weight is 293 g/mol. The van der Waals surface area contributed by atoms with Gasteiger partial charge in [0.15, 0.2) is 0 Å². The Morgan fingerprint density at radius 1 is 1.50 bits per heavy atom. The van der Waals surface area contributed by atoms with Gasteiger partial charge in [0.1, 0.15) is 0 Å². The molecule has 2 rings (SSSR count). The third kappa shape index (κ3) is 3.15. The first-order valence-corrected chi connectivity index (χ1v) is 7.70. The zero-order valence-corrected chi connectivity index (χ0v) is 11.8. The number of hydrogen-bond donors (Lipinski definition) is 2. The maximum atomic E-state index is 12.2. The molecule has 0 aliphatic carbocycles. The zero-order valence-electron chi connectivity index (χ0n) is 11.0. The molecule has 0 saturated carbocycles. The fraction of sp³-hybridized carbons (Fsp3) is 0.385. The lowest BCUT2D eigenvalue weighted by molar-refractivity contribution is -0.119. The molecule has 0 spiro atoms. The lowest BCUT2D eigenvalue weighted by Gasteiger charge is -2.13. The van der Waals surface area contributed by atoms with Gasteiger partial charge in [-0.2, -0.15) is 5.26 Å². The number of carbonyl (C=O) groups is 1. The molecule has 1 saturated heterocycles. The summed E-state index contributed by atoms with van der Waals surface area (Å²) < 4.78 is 26.9. The Hall–Kier alpha value is -1.91. The van der Waals surface area contributed by atoms with Crippen molar-refractivity contribution in [1.82, 2.24) is 10.0 Å². The number of benzene rings is 1. The van der Waals surface area contributed by atoms with E-state index in [1.54, 1.807) is 19.1 Å². The van der Waals surface area contributed by atoms with Crippen LogP contribution in [0.1, 0.15) is 24.0 Å². The quantitative estimate of drug-likeness (QED) is 0.840. The van der Waals surface area contributed by atoms with Gasteiger partial charge in [-0.05, 0) is 31.0 Å². The molecule has 20 heavy (non-hydrogen) atoms. The van der Waals surface area contributed by atoms with E-state index < -0.39 is 10.0 Å². The molecule has 2 N–H and O–H groups in total. The number of carbonyl (C=O) groups excluding carboxylic acids is 1. The molecule has 1 aliphatic heterocycles. The van der Waals surface area contributed by atoms with Crippen molar-refractivity contribution in [1.29, 1.82) is 5.26 Å². The molecule has 1 amide bonds. The van der Waals surface area contributed by atoms with Gasteiger partial charge < -0.3 is 5.32 Å². The minimum Gasteiger partial charge on any atom is -0.352 e. The number of aryl methyl sites for hydroxylation is 1. The van der Waals surface area contributed by atoms with Crippen molar-refractivity contribution in [2.45, 2.75) is 30.7 Å². The number of nitrogens with zero attached hydrogens (tertiary/aromatic N) is 1. The van der Waals surface area contributed by atoms with Gasteiger partial charge in [-0.15, -0.1) is 0 Å². The van der Waals surface area contributed by atoms with Crippen molar-refractivity contribution in [3.05, 3.63) is 29.3 Å². The lowest BCUT2D eigenvalue weighted by atomic mass is 10.2. The van der Waals surface area contributed by atoms with Crippen molar-refractivity contribution in [2.24, 2.45) is 0 Å². The molecule has 1 unspecified atom stereocenters. The van der Waals surface area contributed by atoms with Crippen molar-refractivity contribution < 1.29 is 13.2 Å². The minimum absolute atomic E-state index is 0.0585. The highest BCUT2D eigenvalue weighted by Crippen LogP contribution is 2.17. The Morgan fingerprint density at radius 2 is 2.25 bits per heavy atom. The van der Waals surface area contributed by atoms with Crippen LogP contribution < -0.4 is 10.0 Å². The van der Waals surface area contributed by atoms with Crippen LogP contribution in [0.2, 0.25) is 0 Å². The molecular formula is C13H15N3O3S. The Balaban J connectivity index is 2.14. The van der Waals surface area contributed by atoms with E-state index >= 15 is 0 Å². The van der Waals surface area contributed by atoms with Gasteiger partial charge in [0.2, 0.25) is 15.9 Å². The molecule has 1 aromatic carbocycles. The van der Waals surface area contributed by atoms with Gasteiger partial charge in [-0.25, -0.2) is 13.1 Å². The first-order chi connectivity index (χ1) is 9.42. The molecule has 1 aliphatic rings. The predicted octanol–water partition coefficient (Wildman–Crippen LogP) is 0.424. The summed E-state index contributed by atoms with van der Waals surface area (Å²) in [6.45, 7) is 1.83. The van der Waals surface area contributed by atoms with Crippen LogP contribution in [0.5, 0.6) is 0 Å². The van der Waals surface area contributed by atoms with Crippen LogP contribution in [-0.4, -0.2) is 26.9 Å². The summed E-state index contributed by atoms with van der Waals surface area (Å²) in [6.07, 6.45) is 1.05. The highest BCUT2D eigenvalue weighted by Gasteiger charge is 2.24. The molecule has 0 bridgehead atoms. The maximum absolute atomic E-state index is 12.2. The van der Waals surface area contributed by atoms with Gasteiger partial charge in [0.25, 0.3) is 0 Å². The van der Waals surface area contributed by atoms with Crippen LogP contribution in [0, 0.1) is 18.3 Å². The fourth-order valence-corrected chi connectivity index (χ4v) is 3.43. The molecule has 1 atom stereocenters. The van der Waals surface area contributed by atoms with E-state index in [4.69, 9.17) is 5.26 Å². The second kappa shape index (κ2) is 5.61. The molecule has 1 heterocycles. The van der Waals surface area contributed by atoms with Crippen LogP contribution >= 0.6 is 0 Å². The van der Waals surface area contributed by atoms with Crippen molar-refractivity contribution in [3.8, 4) is 6.07 Å². The van der Waals surface area contributed by atoms with E-state index in [9.17, 15) is 13.2 Å². The zero-order chi connectivity index (χ0) is 14.8. The Bertz CT molecular complexity index is 677. The molecular weight excluding hydrogens is 278 g/mol. The summed E-state index contributed by atoms with van der Waals surface area (Å²) in [5.74, 6) is -0.0585. The van der Waals surface area contributed by atoms with Gasteiger partial charge in [-0.3, -0.25) is 4.79 Å². The summed E-state index contributed by atoms with van der Waals surface area (Å²) in [5, 5.41) is 11.5. The van der Waals surface area contributed by atoms with Crippen molar-refractivity contribution in [3.63, 3.8) is 0 Å². The molecule has 0 aromatic heterocycles. The highest BCUT2D eigenvalue weighted by atomic mass is 32.2. The summed E-state index contributed by atoms with van der Waals surface area (Å²) >= 11 is 0. The Kier molecular flexibility index (Phi) is 4.06. The number of sulfonamides is 1. The smallest absolute Gasteiger partial charge is 0.240 e. The van der Waals surface area contributed by atoms with E-state index in [-0.39, 0.29) is 23.4 Å². The van der Waals surface area contributed by atoms with E-state index in [2.05, 4.69) is 10.0 Å². The van der Waals surface area contributed by atoms with E-state index in [1.165, 1.54) is 6.07 Å². The second-order valence-corrected chi connectivity index (χ2v) is 6.48. The monoisotopic (exact) mass is 293 g/mol. The topological polar surface area (TPSA) is 99.1 Å². The molecule has 0 radical (unpaired) electrons. The van der Waals surface area contributed by atoms with Gasteiger partial charge in [0.05, 0.1) is 16.5 Å². The second-order valence-electron chi connectivity index (χ2n) is 4.75. The van der Waals surface area contributed by atoms with E-state index in [0.717, 1.165) is 0 Å². The van der Waals surface area contributed by atoms with Gasteiger partial charge in [0, 0.05) is 19.0 Å². The number of nitrogens with one attached hydrogen (secondary N) is 2. The van der Waals surface area contributed by atoms with Gasteiger partial charge in [-0.1, -0.05) is 6.07 Å². The largest absolute Gasteiger partial charge is 0.352 e. The van der Waals surface area contributed by atoms with E-state index in [0.29, 0.717) is 24.0 Å². The standard InChI is InChI=1S/C13H15N3O3S/c1-9-2-3-10(7-14)6-12(9)20(18,19)15-8-11-4-5-13(17)16-11/h2-3,6,11,15H,4-5,8H2,1H3,(H,16,17). The number of hydrogen-bond acceptors (Lipinski definition) is 4. The van der Waals surface area contributed by atoms with Crippen LogP contribution in [0.4, 0.5) is 0 Å². The normalized spacial score (nSPS) is 18.6. The van der Waals surface area contributed by atoms with Crippen molar-refractivity contribution >= 4 is 15.9 Å². The number of nitriles is 1. The van der Waals surface area contributed by atoms with E-state index in [1.807, 2.05) is 6.07 Å². The fourth-order valence-electron chi connectivity index (χ4n) is 2.08. The maximum Gasteiger partial charge on any atom is 0.240 e. The molecule has 6 nitrogen and oxygen atoms in total. The summed E-state index contributed by atoms with van der Waals surface area (Å²) in [7, 11) is -3.68. The highest BCUT2D eigenvalue weighted by molar-refractivity contribution is 7.89. The minimum atomic E-state index is -3.68. The first kappa shape index (κ1) is 14.5. The summed E-state index contributed by atoms with van der Waals surface area (Å²) in [5.41, 5.74) is 0.872. The molecule has 106 valence electrons. The predicted molar refractivity (Wildman–Crippen MR) is 72.2 cm³/mol. The van der Waals surface area contributed by atoms with Crippen molar-refractivity contribution in [2.75, 3.05) is 6.54 Å². The Morgan fingerprint density at radius 3 is 2.85 bits per heavy atom. The average Bonchev–Trinajstić information content (AvgIpc) is 2.83. The first-order valence-electron chi connectivity index (χ1n) is 6.22. The molecule has 1 fully saturated rings. The summed E-state index contributed by atoms with van der Waals surface area (Å²) in [4.78, 5) is 11.2. The summed E-state index contributed by atoms with van der Waals surface area (Å²) in [6, 6.07) is 6.28. The van der Waals surface area contributed by atoms with Crippen LogP contribution in [-0.2, 0) is 14.8 Å². The third-order valence-corrected chi connectivity index (χ3v) is 4.78. The SMILES string of the molecule is Cc1ccc(C#N)cc1S(=O)(=O)NCC1CCC(=O)N1. The van der Waals surface area contributed by atoms with Gasteiger partial charge >= 0.3 is 0 Å². The van der Waals surface area contributed by atoms with Crippen LogP contribution in [0.15, 0.2) is 23.1 Å². The number of amides is 1. The molecule has 1 aromatic rings. The lowest BCUT2D eigenvalue weighted by Crippen LogP contribution is -2.38. The Labute approximate surface area is 117 Å².